The molecule has 1 aromatic carbocycles. The predicted molar refractivity (Wildman–Crippen MR) is 109 cm³/mol. The fraction of sp³-hybridized carbons (Fsp3) is 0.474. The third-order valence-electron chi connectivity index (χ3n) is 5.49. The van der Waals surface area contributed by atoms with Gasteiger partial charge in [0, 0.05) is 17.5 Å². The average Bonchev–Trinajstić information content (AvgIpc) is 3.05. The molecule has 1 aliphatic rings. The van der Waals surface area contributed by atoms with Gasteiger partial charge in [-0.25, -0.2) is 4.39 Å². The van der Waals surface area contributed by atoms with Crippen LogP contribution in [0, 0.1) is 5.82 Å². The van der Waals surface area contributed by atoms with Crippen molar-refractivity contribution in [3.05, 3.63) is 33.6 Å². The zero-order valence-corrected chi connectivity index (χ0v) is 19.1. The Bertz CT molecular complexity index is 1040. The lowest BCUT2D eigenvalue weighted by Crippen LogP contribution is -2.46. The van der Waals surface area contributed by atoms with Crippen LogP contribution in [0.1, 0.15) is 25.3 Å². The van der Waals surface area contributed by atoms with Gasteiger partial charge in [-0.05, 0) is 48.1 Å². The summed E-state index contributed by atoms with van der Waals surface area (Å²) in [6.45, 7) is 1.89. The maximum absolute atomic E-state index is 14.8. The number of thioether (sulfide) groups is 1. The number of halogens is 7. The molecule has 0 aliphatic carbocycles. The third kappa shape index (κ3) is 4.51. The Hall–Kier alpha value is -1.53. The Morgan fingerprint density at radius 2 is 2.00 bits per heavy atom. The molecule has 2 heterocycles. The maximum atomic E-state index is 14.8. The molecule has 1 fully saturated rings. The first kappa shape index (κ1) is 24.1. The molecule has 1 atom stereocenters. The molecule has 0 N–H and O–H groups in total. The molecule has 12 heteroatoms. The second-order valence-corrected chi connectivity index (χ2v) is 8.81. The van der Waals surface area contributed by atoms with Crippen molar-refractivity contribution >= 4 is 38.6 Å². The number of likely N-dealkylation sites (tertiary alicyclic amines) is 1. The van der Waals surface area contributed by atoms with Gasteiger partial charge in [-0.3, -0.25) is 4.90 Å². The van der Waals surface area contributed by atoms with Gasteiger partial charge >= 0.3 is 12.2 Å². The summed E-state index contributed by atoms with van der Waals surface area (Å²) in [5.74, 6) is -1.18. The summed E-state index contributed by atoms with van der Waals surface area (Å²) >= 11 is 3.68. The normalized spacial score (nSPS) is 20.0. The van der Waals surface area contributed by atoms with Crippen LogP contribution in [0.3, 0.4) is 0 Å². The van der Waals surface area contributed by atoms with E-state index in [4.69, 9.17) is 4.74 Å². The zero-order valence-electron chi connectivity index (χ0n) is 16.7. The molecule has 0 bridgehead atoms. The zero-order chi connectivity index (χ0) is 23.1. The lowest BCUT2D eigenvalue weighted by molar-refractivity contribution is -0.138. The van der Waals surface area contributed by atoms with Crippen LogP contribution in [0.5, 0.6) is 6.01 Å². The topological polar surface area (TPSA) is 38.3 Å². The van der Waals surface area contributed by atoms with Crippen LogP contribution in [0.4, 0.5) is 26.3 Å². The Morgan fingerprint density at radius 1 is 1.32 bits per heavy atom. The number of ether oxygens (including phenoxy) is 1. The van der Waals surface area contributed by atoms with Crippen molar-refractivity contribution in [2.75, 3.05) is 26.5 Å². The first-order chi connectivity index (χ1) is 14.4. The average molecular weight is 530 g/mol. The molecular weight excluding hydrogens is 512 g/mol. The highest BCUT2D eigenvalue weighted by Crippen LogP contribution is 2.41. The highest BCUT2D eigenvalue weighted by atomic mass is 79.9. The van der Waals surface area contributed by atoms with Gasteiger partial charge in [0.15, 0.2) is 5.82 Å². The van der Waals surface area contributed by atoms with Gasteiger partial charge in [0.05, 0.1) is 15.6 Å². The number of alkyl halides is 3. The smallest absolute Gasteiger partial charge is 0.417 e. The van der Waals surface area contributed by atoms with Crippen molar-refractivity contribution in [3.8, 4) is 6.01 Å². The van der Waals surface area contributed by atoms with Crippen LogP contribution in [0.15, 0.2) is 27.2 Å². The number of nitrogens with zero attached hydrogens (tertiary/aromatic N) is 3. The Labute approximate surface area is 187 Å². The molecule has 0 amide bonds. The highest BCUT2D eigenvalue weighted by Gasteiger charge is 2.42. The van der Waals surface area contributed by atoms with Gasteiger partial charge in [0.25, 0.3) is 6.08 Å². The Kier molecular flexibility index (Phi) is 6.83. The van der Waals surface area contributed by atoms with Crippen LogP contribution >= 0.6 is 27.7 Å². The minimum absolute atomic E-state index is 0.0202. The van der Waals surface area contributed by atoms with Gasteiger partial charge in [0.1, 0.15) is 17.1 Å². The molecule has 1 unspecified atom stereocenters. The van der Waals surface area contributed by atoms with E-state index in [1.807, 2.05) is 6.92 Å². The highest BCUT2D eigenvalue weighted by molar-refractivity contribution is 9.10. The van der Waals surface area contributed by atoms with E-state index in [1.165, 1.54) is 0 Å². The standard InChI is InChI=1S/C19H18BrF6N3OS/c1-4-18(6-9(15(22)23)7-29(18)2)8-30-17-27-14-10(16(28-17)31-3)5-11(19(24,25)26)12(20)13(14)21/h5H,4,6-8H2,1-3H3. The van der Waals surface area contributed by atoms with Crippen molar-refractivity contribution in [2.45, 2.75) is 36.5 Å². The van der Waals surface area contributed by atoms with Crippen molar-refractivity contribution in [3.63, 3.8) is 0 Å². The van der Waals surface area contributed by atoms with Gasteiger partial charge < -0.3 is 4.74 Å². The summed E-state index contributed by atoms with van der Waals surface area (Å²) in [7, 11) is 1.70. The fourth-order valence-corrected chi connectivity index (χ4v) is 4.68. The van der Waals surface area contributed by atoms with Gasteiger partial charge in [0.2, 0.25) is 0 Å². The number of rotatable bonds is 5. The van der Waals surface area contributed by atoms with E-state index in [1.54, 1.807) is 18.2 Å². The van der Waals surface area contributed by atoms with Crippen LogP contribution in [-0.2, 0) is 6.18 Å². The summed E-state index contributed by atoms with van der Waals surface area (Å²) < 4.78 is 85.6. The molecule has 1 aromatic heterocycles. The molecular formula is C19H18BrF6N3OS. The second kappa shape index (κ2) is 8.78. The maximum Gasteiger partial charge on any atom is 0.417 e. The monoisotopic (exact) mass is 529 g/mol. The molecule has 0 spiro atoms. The largest absolute Gasteiger partial charge is 0.461 e. The van der Waals surface area contributed by atoms with Gasteiger partial charge in [-0.2, -0.15) is 31.9 Å². The van der Waals surface area contributed by atoms with E-state index in [0.29, 0.717) is 6.42 Å². The van der Waals surface area contributed by atoms with Crippen molar-refractivity contribution in [1.29, 1.82) is 0 Å². The van der Waals surface area contributed by atoms with E-state index in [-0.39, 0.29) is 47.1 Å². The van der Waals surface area contributed by atoms with Crippen LogP contribution in [-0.4, -0.2) is 46.9 Å². The van der Waals surface area contributed by atoms with Crippen LogP contribution < -0.4 is 4.74 Å². The van der Waals surface area contributed by atoms with Crippen molar-refractivity contribution in [2.24, 2.45) is 0 Å². The Balaban J connectivity index is 2.01. The number of aromatic nitrogens is 2. The summed E-state index contributed by atoms with van der Waals surface area (Å²) in [5.41, 5.74) is -2.20. The first-order valence-electron chi connectivity index (χ1n) is 9.11. The van der Waals surface area contributed by atoms with E-state index < -0.39 is 33.6 Å². The van der Waals surface area contributed by atoms with Gasteiger partial charge in [-0.15, -0.1) is 11.8 Å². The third-order valence-corrected chi connectivity index (χ3v) is 6.96. The SMILES string of the molecule is CCC1(COc2nc(SC)c3cc(C(F)(F)F)c(Br)c(F)c3n2)CC(=C(F)F)CN1C. The fourth-order valence-electron chi connectivity index (χ4n) is 3.61. The second-order valence-electron chi connectivity index (χ2n) is 7.22. The number of likely N-dealkylation sites (N-methyl/N-ethyl adjacent to an activating group) is 1. The Morgan fingerprint density at radius 3 is 2.52 bits per heavy atom. The molecule has 31 heavy (non-hydrogen) atoms. The molecule has 1 saturated heterocycles. The van der Waals surface area contributed by atoms with Crippen LogP contribution in [0.25, 0.3) is 10.9 Å². The van der Waals surface area contributed by atoms with E-state index in [2.05, 4.69) is 25.9 Å². The lowest BCUT2D eigenvalue weighted by Gasteiger charge is -2.34. The van der Waals surface area contributed by atoms with E-state index in [0.717, 1.165) is 17.8 Å². The van der Waals surface area contributed by atoms with Crippen LogP contribution in [0.2, 0.25) is 0 Å². The molecule has 4 nitrogen and oxygen atoms in total. The number of fused-ring (bicyclic) bond motifs is 1. The minimum Gasteiger partial charge on any atom is -0.461 e. The molecule has 170 valence electrons. The lowest BCUT2D eigenvalue weighted by atomic mass is 9.93. The summed E-state index contributed by atoms with van der Waals surface area (Å²) in [6, 6.07) is 0.555. The number of hydrogen-bond donors (Lipinski definition) is 0. The summed E-state index contributed by atoms with van der Waals surface area (Å²) in [6.07, 6.45) is -4.31. The van der Waals surface area contributed by atoms with E-state index >= 15 is 0 Å². The van der Waals surface area contributed by atoms with Crippen molar-refractivity contribution < 1.29 is 31.1 Å². The van der Waals surface area contributed by atoms with Gasteiger partial charge in [-0.1, -0.05) is 6.92 Å². The quantitative estimate of drug-likeness (QED) is 0.258. The van der Waals surface area contributed by atoms with E-state index in [9.17, 15) is 26.3 Å². The molecule has 1 aliphatic heterocycles. The molecule has 0 radical (unpaired) electrons. The minimum atomic E-state index is -4.77. The molecule has 3 rings (SSSR count). The number of benzene rings is 1. The van der Waals surface area contributed by atoms with Crippen molar-refractivity contribution in [1.82, 2.24) is 14.9 Å². The summed E-state index contributed by atoms with van der Waals surface area (Å²) in [5, 5.41) is 0.0124. The first-order valence-corrected chi connectivity index (χ1v) is 11.1. The summed E-state index contributed by atoms with van der Waals surface area (Å²) in [4.78, 5) is 9.85. The predicted octanol–water partition coefficient (Wildman–Crippen LogP) is 6.29. The number of hydrogen-bond acceptors (Lipinski definition) is 5. The molecule has 2 aromatic rings. The molecule has 0 saturated carbocycles.